The van der Waals surface area contributed by atoms with Gasteiger partial charge in [-0.15, -0.1) is 0 Å². The lowest BCUT2D eigenvalue weighted by Crippen LogP contribution is -2.36. The van der Waals surface area contributed by atoms with Crippen molar-refractivity contribution in [2.75, 3.05) is 25.6 Å². The van der Waals surface area contributed by atoms with Gasteiger partial charge in [0.2, 0.25) is 5.91 Å². The number of ether oxygens (including phenoxy) is 1. The van der Waals surface area contributed by atoms with Gasteiger partial charge in [0.25, 0.3) is 5.76 Å². The molecule has 1 amide bonds. The van der Waals surface area contributed by atoms with E-state index in [1.165, 1.54) is 0 Å². The van der Waals surface area contributed by atoms with Gasteiger partial charge in [-0.2, -0.15) is 8.78 Å². The van der Waals surface area contributed by atoms with E-state index in [9.17, 15) is 13.6 Å². The van der Waals surface area contributed by atoms with Crippen LogP contribution in [0.4, 0.5) is 14.5 Å². The maximum atomic E-state index is 12.1. The van der Waals surface area contributed by atoms with E-state index < -0.39 is 5.76 Å². The summed E-state index contributed by atoms with van der Waals surface area (Å²) in [6.07, 6.45) is 0. The summed E-state index contributed by atoms with van der Waals surface area (Å²) < 4.78 is 29.2. The molecule has 0 aliphatic rings. The molecule has 20 heavy (non-hydrogen) atoms. The van der Waals surface area contributed by atoms with Gasteiger partial charge in [0.05, 0.1) is 13.2 Å². The smallest absolute Gasteiger partial charge is 0.288 e. The lowest BCUT2D eigenvalue weighted by molar-refractivity contribution is -0.115. The Morgan fingerprint density at radius 1 is 1.35 bits per heavy atom. The highest BCUT2D eigenvalue weighted by Gasteiger charge is 2.07. The van der Waals surface area contributed by atoms with E-state index in [1.807, 2.05) is 6.92 Å². The third-order valence-corrected chi connectivity index (χ3v) is 3.11. The van der Waals surface area contributed by atoms with E-state index in [0.29, 0.717) is 29.0 Å². The molecule has 0 saturated carbocycles. The van der Waals surface area contributed by atoms with Gasteiger partial charge in [0, 0.05) is 23.7 Å². The van der Waals surface area contributed by atoms with Crippen molar-refractivity contribution >= 4 is 23.4 Å². The highest BCUT2D eigenvalue weighted by molar-refractivity contribution is 7.99. The number of methoxy groups -OCH3 is 1. The summed E-state index contributed by atoms with van der Waals surface area (Å²) in [5.41, 5.74) is 0.579. The van der Waals surface area contributed by atoms with Crippen LogP contribution in [0.2, 0.25) is 0 Å². The van der Waals surface area contributed by atoms with Crippen molar-refractivity contribution in [2.24, 2.45) is 0 Å². The molecule has 1 aromatic rings. The lowest BCUT2D eigenvalue weighted by Gasteiger charge is -2.12. The Kier molecular flexibility index (Phi) is 7.50. The molecule has 0 fully saturated rings. The summed E-state index contributed by atoms with van der Waals surface area (Å²) in [6.45, 7) is 2.60. The van der Waals surface area contributed by atoms with Crippen molar-refractivity contribution in [1.82, 2.24) is 5.32 Å². The average Bonchev–Trinajstić information content (AvgIpc) is 2.38. The summed E-state index contributed by atoms with van der Waals surface area (Å²) in [5, 5.41) is 5.68. The normalized spacial score (nSPS) is 12.4. The van der Waals surface area contributed by atoms with Gasteiger partial charge in [-0.1, -0.05) is 11.8 Å². The Balaban J connectivity index is 2.38. The monoisotopic (exact) mass is 304 g/mol. The Hall–Kier alpha value is -1.18. The predicted octanol–water partition coefficient (Wildman–Crippen LogP) is 2.56. The Morgan fingerprint density at radius 2 is 2.00 bits per heavy atom. The number of alkyl halides is 2. The number of hydrogen-bond donors (Lipinski definition) is 2. The molecule has 0 saturated heterocycles. The molecule has 0 unspecified atom stereocenters. The van der Waals surface area contributed by atoms with Crippen LogP contribution in [-0.4, -0.2) is 38.0 Å². The number of hydrogen-bond acceptors (Lipinski definition) is 4. The van der Waals surface area contributed by atoms with E-state index in [1.54, 1.807) is 31.4 Å². The molecule has 1 rings (SSSR count). The summed E-state index contributed by atoms with van der Waals surface area (Å²) in [6, 6.07) is 6.37. The summed E-state index contributed by atoms with van der Waals surface area (Å²) >= 11 is 0.473. The standard InChI is InChI=1S/C13H18F2N2O2S/c1-9(8-19-2)16-7-12(18)17-10-3-5-11(6-4-10)20-13(14)15/h3-6,9,13,16H,7-8H2,1-2H3,(H,17,18)/t9-/m1/s1. The third kappa shape index (κ3) is 6.83. The first kappa shape index (κ1) is 16.9. The van der Waals surface area contributed by atoms with E-state index in [0.717, 1.165) is 0 Å². The van der Waals surface area contributed by atoms with Crippen molar-refractivity contribution in [3.63, 3.8) is 0 Å². The zero-order valence-corrected chi connectivity index (χ0v) is 12.2. The second-order valence-corrected chi connectivity index (χ2v) is 5.25. The van der Waals surface area contributed by atoms with Gasteiger partial charge in [-0.3, -0.25) is 4.79 Å². The van der Waals surface area contributed by atoms with Crippen LogP contribution in [0.5, 0.6) is 0 Å². The largest absolute Gasteiger partial charge is 0.383 e. The number of amides is 1. The van der Waals surface area contributed by atoms with Crippen LogP contribution in [0.15, 0.2) is 29.2 Å². The molecule has 0 heterocycles. The third-order valence-electron chi connectivity index (χ3n) is 2.39. The molecule has 112 valence electrons. The maximum absolute atomic E-state index is 12.1. The number of anilines is 1. The quantitative estimate of drug-likeness (QED) is 0.725. The summed E-state index contributed by atoms with van der Waals surface area (Å²) in [5.74, 6) is -2.64. The minimum atomic E-state index is -2.44. The number of carbonyl (C=O) groups is 1. The Bertz CT molecular complexity index is 415. The lowest BCUT2D eigenvalue weighted by atomic mass is 10.3. The zero-order valence-electron chi connectivity index (χ0n) is 11.4. The van der Waals surface area contributed by atoms with Crippen molar-refractivity contribution in [3.05, 3.63) is 24.3 Å². The zero-order chi connectivity index (χ0) is 15.0. The molecule has 4 nitrogen and oxygen atoms in total. The van der Waals surface area contributed by atoms with Crippen LogP contribution in [0, 0.1) is 0 Å². The molecule has 0 spiro atoms. The van der Waals surface area contributed by atoms with Crippen molar-refractivity contribution in [1.29, 1.82) is 0 Å². The highest BCUT2D eigenvalue weighted by atomic mass is 32.2. The van der Waals surface area contributed by atoms with Crippen LogP contribution < -0.4 is 10.6 Å². The molecule has 1 aromatic carbocycles. The van der Waals surface area contributed by atoms with Crippen LogP contribution in [0.25, 0.3) is 0 Å². The molecule has 7 heteroatoms. The number of carbonyl (C=O) groups excluding carboxylic acids is 1. The summed E-state index contributed by atoms with van der Waals surface area (Å²) in [7, 11) is 1.59. The number of halogens is 2. The molecule has 0 radical (unpaired) electrons. The van der Waals surface area contributed by atoms with Crippen molar-refractivity contribution in [3.8, 4) is 0 Å². The van der Waals surface area contributed by atoms with Crippen molar-refractivity contribution in [2.45, 2.75) is 23.6 Å². The molecule has 0 aliphatic carbocycles. The van der Waals surface area contributed by atoms with E-state index in [-0.39, 0.29) is 18.5 Å². The molecular formula is C13H18F2N2O2S. The first-order valence-corrected chi connectivity index (χ1v) is 6.96. The summed E-state index contributed by atoms with van der Waals surface area (Å²) in [4.78, 5) is 12.1. The number of benzene rings is 1. The fourth-order valence-electron chi connectivity index (χ4n) is 1.50. The van der Waals surface area contributed by atoms with Gasteiger partial charge >= 0.3 is 0 Å². The van der Waals surface area contributed by atoms with E-state index in [4.69, 9.17) is 4.74 Å². The maximum Gasteiger partial charge on any atom is 0.288 e. The minimum absolute atomic E-state index is 0.0792. The van der Waals surface area contributed by atoms with Crippen LogP contribution >= 0.6 is 11.8 Å². The average molecular weight is 304 g/mol. The number of rotatable bonds is 8. The SMILES string of the molecule is COC[C@@H](C)NCC(=O)Nc1ccc(SC(F)F)cc1. The molecule has 0 aliphatic heterocycles. The van der Waals surface area contributed by atoms with Crippen LogP contribution in [0.1, 0.15) is 6.92 Å². The number of thioether (sulfide) groups is 1. The van der Waals surface area contributed by atoms with Gasteiger partial charge in [-0.25, -0.2) is 0 Å². The van der Waals surface area contributed by atoms with Crippen LogP contribution in [-0.2, 0) is 9.53 Å². The predicted molar refractivity (Wildman–Crippen MR) is 76.3 cm³/mol. The number of nitrogens with one attached hydrogen (secondary N) is 2. The first-order valence-electron chi connectivity index (χ1n) is 6.08. The second kappa shape index (κ2) is 8.89. The van der Waals surface area contributed by atoms with Crippen LogP contribution in [0.3, 0.4) is 0 Å². The first-order chi connectivity index (χ1) is 9.51. The molecule has 0 bridgehead atoms. The van der Waals surface area contributed by atoms with Gasteiger partial charge < -0.3 is 15.4 Å². The Labute approximate surface area is 121 Å². The van der Waals surface area contributed by atoms with E-state index >= 15 is 0 Å². The molecule has 1 atom stereocenters. The molecule has 0 aromatic heterocycles. The van der Waals surface area contributed by atoms with Gasteiger partial charge in [-0.05, 0) is 31.2 Å². The fourth-order valence-corrected chi connectivity index (χ4v) is 2.00. The minimum Gasteiger partial charge on any atom is -0.383 e. The van der Waals surface area contributed by atoms with Gasteiger partial charge in [0.15, 0.2) is 0 Å². The molecular weight excluding hydrogens is 286 g/mol. The topological polar surface area (TPSA) is 50.4 Å². The second-order valence-electron chi connectivity index (χ2n) is 4.19. The Morgan fingerprint density at radius 3 is 2.55 bits per heavy atom. The van der Waals surface area contributed by atoms with E-state index in [2.05, 4.69) is 10.6 Å². The molecule has 2 N–H and O–H groups in total. The van der Waals surface area contributed by atoms with Gasteiger partial charge in [0.1, 0.15) is 0 Å². The fraction of sp³-hybridized carbons (Fsp3) is 0.462. The highest BCUT2D eigenvalue weighted by Crippen LogP contribution is 2.26. The van der Waals surface area contributed by atoms with Crippen molar-refractivity contribution < 1.29 is 18.3 Å².